The van der Waals surface area contributed by atoms with Gasteiger partial charge in [0.2, 0.25) is 0 Å². The van der Waals surface area contributed by atoms with E-state index < -0.39 is 30.4 Å². The number of fused-ring (bicyclic) bond motifs is 2. The second-order valence-electron chi connectivity index (χ2n) is 9.42. The molecule has 1 aromatic carbocycles. The van der Waals surface area contributed by atoms with Crippen molar-refractivity contribution in [3.8, 4) is 0 Å². The summed E-state index contributed by atoms with van der Waals surface area (Å²) < 4.78 is 34.6. The number of aromatic nitrogens is 2. The summed E-state index contributed by atoms with van der Waals surface area (Å²) >= 11 is 1.38. The van der Waals surface area contributed by atoms with Gasteiger partial charge in [0.05, 0.1) is 23.9 Å². The standard InChI is InChI=1S/C26H28F2N4O3S/c1-14(2)35-26(34)21-16-10-6-7-11-20(16)36-25(21)31-24(33)17-13-29-32-19(22(27)28)12-18(30-23(17)32)15-8-4-3-5-9-15/h3-5,8-9,13-14,18-19,22,30H,6-7,10-12H2,1-2H3,(H,31,33)/t18-,19-/m0/s1. The second-order valence-corrected chi connectivity index (χ2v) is 10.5. The molecule has 10 heteroatoms. The first-order chi connectivity index (χ1) is 17.3. The molecular weight excluding hydrogens is 486 g/mol. The maximum absolute atomic E-state index is 14.0. The molecule has 5 rings (SSSR count). The maximum atomic E-state index is 14.0. The van der Waals surface area contributed by atoms with Gasteiger partial charge in [0.15, 0.2) is 0 Å². The van der Waals surface area contributed by atoms with Crippen LogP contribution >= 0.6 is 11.3 Å². The number of ether oxygens (including phenoxy) is 1. The Hall–Kier alpha value is -3.27. The van der Waals surface area contributed by atoms with Crippen molar-refractivity contribution >= 4 is 34.0 Å². The van der Waals surface area contributed by atoms with Crippen LogP contribution < -0.4 is 10.6 Å². The predicted octanol–water partition coefficient (Wildman–Crippen LogP) is 6.00. The number of halogens is 2. The monoisotopic (exact) mass is 514 g/mol. The molecule has 0 bridgehead atoms. The zero-order chi connectivity index (χ0) is 25.4. The first-order valence-electron chi connectivity index (χ1n) is 12.2. The number of hydrogen-bond acceptors (Lipinski definition) is 6. The van der Waals surface area contributed by atoms with Gasteiger partial charge in [-0.25, -0.2) is 18.3 Å². The first kappa shape index (κ1) is 24.4. The summed E-state index contributed by atoms with van der Waals surface area (Å²) in [5, 5.41) is 10.7. The van der Waals surface area contributed by atoms with E-state index in [9.17, 15) is 18.4 Å². The lowest BCUT2D eigenvalue weighted by Gasteiger charge is -2.32. The number of benzene rings is 1. The van der Waals surface area contributed by atoms with Crippen LogP contribution in [0.3, 0.4) is 0 Å². The number of alkyl halides is 2. The molecule has 2 N–H and O–H groups in total. The van der Waals surface area contributed by atoms with Crippen LogP contribution in [0, 0.1) is 0 Å². The third-order valence-electron chi connectivity index (χ3n) is 6.58. The van der Waals surface area contributed by atoms with Crippen molar-refractivity contribution in [1.29, 1.82) is 0 Å². The van der Waals surface area contributed by atoms with Gasteiger partial charge in [-0.3, -0.25) is 4.79 Å². The van der Waals surface area contributed by atoms with Gasteiger partial charge in [0.1, 0.15) is 22.4 Å². The molecule has 0 unspecified atom stereocenters. The maximum Gasteiger partial charge on any atom is 0.341 e. The Bertz CT molecular complexity index is 1270. The molecule has 0 saturated heterocycles. The number of esters is 1. The molecule has 3 heterocycles. The number of aryl methyl sites for hydroxylation is 1. The van der Waals surface area contributed by atoms with Crippen molar-refractivity contribution < 1.29 is 23.1 Å². The quantitative estimate of drug-likeness (QED) is 0.394. The molecule has 2 aromatic heterocycles. The molecule has 3 aromatic rings. The van der Waals surface area contributed by atoms with Crippen molar-refractivity contribution in [2.45, 2.75) is 70.6 Å². The number of amides is 1. The average Bonchev–Trinajstić information content (AvgIpc) is 3.44. The number of thiophene rings is 1. The first-order valence-corrected chi connectivity index (χ1v) is 13.0. The van der Waals surface area contributed by atoms with Crippen LogP contribution in [0.2, 0.25) is 0 Å². The smallest absolute Gasteiger partial charge is 0.341 e. The summed E-state index contributed by atoms with van der Waals surface area (Å²) in [7, 11) is 0. The van der Waals surface area contributed by atoms with E-state index in [4.69, 9.17) is 4.74 Å². The highest BCUT2D eigenvalue weighted by Crippen LogP contribution is 2.41. The molecule has 1 aliphatic heterocycles. The van der Waals surface area contributed by atoms with Gasteiger partial charge in [0.25, 0.3) is 12.3 Å². The number of carbonyl (C=O) groups excluding carboxylic acids is 2. The minimum atomic E-state index is -2.64. The molecule has 2 atom stereocenters. The summed E-state index contributed by atoms with van der Waals surface area (Å²) in [5.41, 5.74) is 2.34. The molecule has 2 aliphatic rings. The van der Waals surface area contributed by atoms with Crippen LogP contribution in [0.15, 0.2) is 36.5 Å². The van der Waals surface area contributed by atoms with E-state index >= 15 is 0 Å². The number of anilines is 2. The third kappa shape index (κ3) is 4.61. The lowest BCUT2D eigenvalue weighted by Crippen LogP contribution is -2.31. The number of carbonyl (C=O) groups is 2. The Morgan fingerprint density at radius 2 is 1.94 bits per heavy atom. The highest BCUT2D eigenvalue weighted by Gasteiger charge is 2.37. The molecule has 0 fully saturated rings. The fraction of sp³-hybridized carbons (Fsp3) is 0.423. The topological polar surface area (TPSA) is 85.2 Å². The normalized spacial score (nSPS) is 18.9. The Labute approximate surface area is 211 Å². The van der Waals surface area contributed by atoms with E-state index in [1.165, 1.54) is 22.2 Å². The predicted molar refractivity (Wildman–Crippen MR) is 134 cm³/mol. The van der Waals surface area contributed by atoms with Crippen LogP contribution in [-0.4, -0.2) is 34.2 Å². The van der Waals surface area contributed by atoms with Gasteiger partial charge in [-0.2, -0.15) is 5.10 Å². The Morgan fingerprint density at radius 1 is 1.19 bits per heavy atom. The number of nitrogens with one attached hydrogen (secondary N) is 2. The van der Waals surface area contributed by atoms with Gasteiger partial charge in [-0.1, -0.05) is 30.3 Å². The SMILES string of the molecule is CC(C)OC(=O)c1c(NC(=O)c2cnn3c2N[C@H](c2ccccc2)C[C@H]3C(F)F)sc2c1CCCC2. The average molecular weight is 515 g/mol. The summed E-state index contributed by atoms with van der Waals surface area (Å²) in [5.74, 6) is -0.732. The van der Waals surface area contributed by atoms with Crippen molar-refractivity contribution in [3.63, 3.8) is 0 Å². The van der Waals surface area contributed by atoms with Crippen LogP contribution in [0.4, 0.5) is 19.6 Å². The van der Waals surface area contributed by atoms with Crippen molar-refractivity contribution in [2.24, 2.45) is 0 Å². The van der Waals surface area contributed by atoms with E-state index in [2.05, 4.69) is 15.7 Å². The van der Waals surface area contributed by atoms with Gasteiger partial charge in [-0.15, -0.1) is 11.3 Å². The van der Waals surface area contributed by atoms with E-state index in [0.717, 1.165) is 41.7 Å². The largest absolute Gasteiger partial charge is 0.459 e. The minimum absolute atomic E-state index is 0.139. The molecule has 0 saturated carbocycles. The molecule has 0 radical (unpaired) electrons. The zero-order valence-corrected chi connectivity index (χ0v) is 20.9. The van der Waals surface area contributed by atoms with Crippen LogP contribution in [0.1, 0.15) is 81.9 Å². The van der Waals surface area contributed by atoms with Crippen molar-refractivity contribution in [2.75, 3.05) is 10.6 Å². The Morgan fingerprint density at radius 3 is 2.67 bits per heavy atom. The van der Waals surface area contributed by atoms with Gasteiger partial charge < -0.3 is 15.4 Å². The summed E-state index contributed by atoms with van der Waals surface area (Å²) in [6.07, 6.45) is 2.09. The fourth-order valence-electron chi connectivity index (χ4n) is 4.92. The van der Waals surface area contributed by atoms with E-state index in [0.29, 0.717) is 10.6 Å². The minimum Gasteiger partial charge on any atom is -0.459 e. The summed E-state index contributed by atoms with van der Waals surface area (Å²) in [6.45, 7) is 3.56. The highest BCUT2D eigenvalue weighted by atomic mass is 32.1. The molecule has 0 spiro atoms. The highest BCUT2D eigenvalue weighted by molar-refractivity contribution is 7.17. The van der Waals surface area contributed by atoms with Crippen LogP contribution in [-0.2, 0) is 17.6 Å². The molecule has 36 heavy (non-hydrogen) atoms. The van der Waals surface area contributed by atoms with E-state index in [1.807, 2.05) is 30.3 Å². The zero-order valence-electron chi connectivity index (χ0n) is 20.1. The van der Waals surface area contributed by atoms with Gasteiger partial charge in [0, 0.05) is 4.88 Å². The molecule has 190 valence electrons. The fourth-order valence-corrected chi connectivity index (χ4v) is 6.19. The summed E-state index contributed by atoms with van der Waals surface area (Å²) in [6, 6.07) is 7.74. The lowest BCUT2D eigenvalue weighted by molar-refractivity contribution is 0.0378. The van der Waals surface area contributed by atoms with E-state index in [1.54, 1.807) is 13.8 Å². The number of hydrogen-bond donors (Lipinski definition) is 2. The molecular formula is C26H28F2N4O3S. The van der Waals surface area contributed by atoms with Gasteiger partial charge >= 0.3 is 5.97 Å². The van der Waals surface area contributed by atoms with Crippen LogP contribution in [0.5, 0.6) is 0 Å². The number of rotatable bonds is 6. The Balaban J connectivity index is 1.47. The lowest BCUT2D eigenvalue weighted by atomic mass is 9.95. The van der Waals surface area contributed by atoms with Gasteiger partial charge in [-0.05, 0) is 57.1 Å². The van der Waals surface area contributed by atoms with Crippen molar-refractivity contribution in [3.05, 3.63) is 63.7 Å². The van der Waals surface area contributed by atoms with E-state index in [-0.39, 0.29) is 23.9 Å². The second kappa shape index (κ2) is 10.0. The van der Waals surface area contributed by atoms with Crippen LogP contribution in [0.25, 0.3) is 0 Å². The van der Waals surface area contributed by atoms with Crippen molar-refractivity contribution in [1.82, 2.24) is 9.78 Å². The molecule has 7 nitrogen and oxygen atoms in total. The molecule has 1 amide bonds. The molecule has 1 aliphatic carbocycles. The third-order valence-corrected chi connectivity index (χ3v) is 7.79. The summed E-state index contributed by atoms with van der Waals surface area (Å²) in [4.78, 5) is 27.5. The number of nitrogens with zero attached hydrogens (tertiary/aromatic N) is 2. The Kier molecular flexibility index (Phi) is 6.79.